The van der Waals surface area contributed by atoms with Crippen LogP contribution < -0.4 is 4.74 Å². The van der Waals surface area contributed by atoms with Crippen LogP contribution in [0.15, 0.2) is 12.3 Å². The van der Waals surface area contributed by atoms with E-state index >= 15 is 0 Å². The number of hydrogen-bond acceptors (Lipinski definition) is 3. The normalized spacial score (nSPS) is 11.9. The van der Waals surface area contributed by atoms with Gasteiger partial charge in [-0.3, -0.25) is 4.98 Å². The van der Waals surface area contributed by atoms with Crippen molar-refractivity contribution in [1.82, 2.24) is 4.98 Å². The van der Waals surface area contributed by atoms with Crippen LogP contribution in [0.25, 0.3) is 0 Å². The molecule has 0 saturated carbocycles. The molecule has 0 aromatic carbocycles. The van der Waals surface area contributed by atoms with E-state index < -0.39 is 0 Å². The van der Waals surface area contributed by atoms with Crippen molar-refractivity contribution >= 4 is 11.6 Å². The van der Waals surface area contributed by atoms with Crippen molar-refractivity contribution < 1.29 is 4.74 Å². The Hall–Kier alpha value is -1.27. The number of nitriles is 1. The molecular formula is C10H11ClN2O. The lowest BCUT2D eigenvalue weighted by atomic mass is 10.0. The van der Waals surface area contributed by atoms with Gasteiger partial charge in [0, 0.05) is 6.20 Å². The quantitative estimate of drug-likeness (QED) is 0.771. The molecule has 0 N–H and O–H groups in total. The molecule has 0 aliphatic heterocycles. The Kier molecular flexibility index (Phi) is 3.73. The van der Waals surface area contributed by atoms with Crippen molar-refractivity contribution in [2.45, 2.75) is 19.3 Å². The summed E-state index contributed by atoms with van der Waals surface area (Å²) in [7, 11) is 1.52. The van der Waals surface area contributed by atoms with Crippen molar-refractivity contribution in [3.63, 3.8) is 0 Å². The maximum Gasteiger partial charge on any atom is 0.160 e. The highest BCUT2D eigenvalue weighted by Gasteiger charge is 2.17. The average molecular weight is 211 g/mol. The SMILES string of the molecule is CCC(C#N)c1nccc(Cl)c1OC. The summed E-state index contributed by atoms with van der Waals surface area (Å²) in [6.07, 6.45) is 2.28. The topological polar surface area (TPSA) is 45.9 Å². The maximum atomic E-state index is 8.90. The molecule has 1 atom stereocenters. The Morgan fingerprint density at radius 3 is 2.93 bits per heavy atom. The molecule has 1 heterocycles. The van der Waals surface area contributed by atoms with E-state index in [0.717, 1.165) is 0 Å². The molecule has 0 radical (unpaired) electrons. The number of aromatic nitrogens is 1. The van der Waals surface area contributed by atoms with Crippen molar-refractivity contribution in [3.8, 4) is 11.8 Å². The van der Waals surface area contributed by atoms with Gasteiger partial charge in [-0.25, -0.2) is 0 Å². The summed E-state index contributed by atoms with van der Waals surface area (Å²) in [4.78, 5) is 4.12. The molecular weight excluding hydrogens is 200 g/mol. The smallest absolute Gasteiger partial charge is 0.160 e. The lowest BCUT2D eigenvalue weighted by Gasteiger charge is -2.11. The maximum absolute atomic E-state index is 8.90. The molecule has 74 valence electrons. The third-order valence-electron chi connectivity index (χ3n) is 1.98. The minimum Gasteiger partial charge on any atom is -0.493 e. The van der Waals surface area contributed by atoms with Crippen LogP contribution in [0.5, 0.6) is 5.75 Å². The van der Waals surface area contributed by atoms with Gasteiger partial charge in [0.05, 0.1) is 24.1 Å². The first-order valence-corrected chi connectivity index (χ1v) is 4.70. The first-order valence-electron chi connectivity index (χ1n) is 4.32. The minimum absolute atomic E-state index is 0.261. The number of hydrogen-bond donors (Lipinski definition) is 0. The Morgan fingerprint density at radius 2 is 2.43 bits per heavy atom. The van der Waals surface area contributed by atoms with E-state index in [1.165, 1.54) is 7.11 Å². The predicted octanol–water partition coefficient (Wildman–Crippen LogP) is 2.76. The van der Waals surface area contributed by atoms with Gasteiger partial charge in [0.1, 0.15) is 5.69 Å². The van der Waals surface area contributed by atoms with Gasteiger partial charge in [0.15, 0.2) is 5.75 Å². The van der Waals surface area contributed by atoms with Crippen LogP contribution in [-0.4, -0.2) is 12.1 Å². The van der Waals surface area contributed by atoms with Crippen LogP contribution in [0.3, 0.4) is 0 Å². The molecule has 1 aromatic rings. The number of rotatable bonds is 3. The molecule has 4 heteroatoms. The summed E-state index contributed by atoms with van der Waals surface area (Å²) >= 11 is 5.91. The van der Waals surface area contributed by atoms with Crippen molar-refractivity contribution in [1.29, 1.82) is 5.26 Å². The van der Waals surface area contributed by atoms with Gasteiger partial charge >= 0.3 is 0 Å². The zero-order chi connectivity index (χ0) is 10.6. The van der Waals surface area contributed by atoms with E-state index in [1.54, 1.807) is 12.3 Å². The highest BCUT2D eigenvalue weighted by atomic mass is 35.5. The van der Waals surface area contributed by atoms with Crippen molar-refractivity contribution in [2.24, 2.45) is 0 Å². The Balaban J connectivity index is 3.20. The Bertz CT molecular complexity index is 360. The molecule has 0 saturated heterocycles. The lowest BCUT2D eigenvalue weighted by molar-refractivity contribution is 0.405. The van der Waals surface area contributed by atoms with Crippen LogP contribution in [0.4, 0.5) is 0 Å². The number of ether oxygens (including phenoxy) is 1. The molecule has 0 bridgehead atoms. The second-order valence-corrected chi connectivity index (χ2v) is 3.21. The van der Waals surface area contributed by atoms with Gasteiger partial charge in [-0.1, -0.05) is 18.5 Å². The largest absolute Gasteiger partial charge is 0.493 e. The fraction of sp³-hybridized carbons (Fsp3) is 0.400. The fourth-order valence-corrected chi connectivity index (χ4v) is 1.47. The number of methoxy groups -OCH3 is 1. The molecule has 1 unspecified atom stereocenters. The summed E-state index contributed by atoms with van der Waals surface area (Å²) in [5.74, 6) is 0.242. The molecule has 14 heavy (non-hydrogen) atoms. The Labute approximate surface area is 88.3 Å². The van der Waals surface area contributed by atoms with Crippen molar-refractivity contribution in [3.05, 3.63) is 23.0 Å². The lowest BCUT2D eigenvalue weighted by Crippen LogP contribution is -2.01. The van der Waals surface area contributed by atoms with Crippen LogP contribution in [0.1, 0.15) is 25.0 Å². The zero-order valence-electron chi connectivity index (χ0n) is 8.12. The van der Waals surface area contributed by atoms with Gasteiger partial charge in [-0.2, -0.15) is 5.26 Å². The monoisotopic (exact) mass is 210 g/mol. The highest BCUT2D eigenvalue weighted by Crippen LogP contribution is 2.32. The van der Waals surface area contributed by atoms with Gasteiger partial charge in [-0.15, -0.1) is 0 Å². The first kappa shape index (κ1) is 10.8. The summed E-state index contributed by atoms with van der Waals surface area (Å²) in [6, 6.07) is 3.82. The molecule has 0 aliphatic rings. The first-order chi connectivity index (χ1) is 6.74. The third-order valence-corrected chi connectivity index (χ3v) is 2.28. The van der Waals surface area contributed by atoms with Gasteiger partial charge in [0.25, 0.3) is 0 Å². The second kappa shape index (κ2) is 4.83. The van der Waals surface area contributed by atoms with Crippen LogP contribution in [-0.2, 0) is 0 Å². The van der Waals surface area contributed by atoms with Crippen LogP contribution in [0.2, 0.25) is 5.02 Å². The fourth-order valence-electron chi connectivity index (χ4n) is 1.24. The van der Waals surface area contributed by atoms with Crippen LogP contribution in [0, 0.1) is 11.3 Å². The van der Waals surface area contributed by atoms with Gasteiger partial charge in [-0.05, 0) is 12.5 Å². The average Bonchev–Trinajstić information content (AvgIpc) is 2.20. The zero-order valence-corrected chi connectivity index (χ0v) is 8.88. The number of nitrogens with zero attached hydrogens (tertiary/aromatic N) is 2. The van der Waals surface area contributed by atoms with E-state index in [4.69, 9.17) is 21.6 Å². The van der Waals surface area contributed by atoms with Gasteiger partial charge < -0.3 is 4.74 Å². The summed E-state index contributed by atoms with van der Waals surface area (Å²) in [5, 5.41) is 9.39. The molecule has 0 aliphatic carbocycles. The van der Waals surface area contributed by atoms with E-state index in [1.807, 2.05) is 6.92 Å². The minimum atomic E-state index is -0.261. The van der Waals surface area contributed by atoms with Crippen LogP contribution >= 0.6 is 11.6 Å². The van der Waals surface area contributed by atoms with E-state index in [9.17, 15) is 0 Å². The van der Waals surface area contributed by atoms with E-state index in [-0.39, 0.29) is 5.92 Å². The number of pyridine rings is 1. The van der Waals surface area contributed by atoms with Crippen molar-refractivity contribution in [2.75, 3.05) is 7.11 Å². The second-order valence-electron chi connectivity index (χ2n) is 2.80. The molecule has 1 rings (SSSR count). The highest BCUT2D eigenvalue weighted by molar-refractivity contribution is 6.32. The molecule has 0 spiro atoms. The summed E-state index contributed by atoms with van der Waals surface area (Å²) < 4.78 is 5.12. The third kappa shape index (κ3) is 1.97. The van der Waals surface area contributed by atoms with E-state index in [0.29, 0.717) is 22.9 Å². The summed E-state index contributed by atoms with van der Waals surface area (Å²) in [6.45, 7) is 1.93. The van der Waals surface area contributed by atoms with E-state index in [2.05, 4.69) is 11.1 Å². The predicted molar refractivity (Wildman–Crippen MR) is 54.4 cm³/mol. The molecule has 1 aromatic heterocycles. The van der Waals surface area contributed by atoms with Gasteiger partial charge in [0.2, 0.25) is 0 Å². The molecule has 3 nitrogen and oxygen atoms in total. The Morgan fingerprint density at radius 1 is 1.71 bits per heavy atom. The molecule has 0 fully saturated rings. The number of halogens is 1. The summed E-state index contributed by atoms with van der Waals surface area (Å²) in [5.41, 5.74) is 0.616. The molecule has 0 amide bonds. The standard InChI is InChI=1S/C10H11ClN2O/c1-3-7(6-12)9-10(14-2)8(11)4-5-13-9/h4-5,7H,3H2,1-2H3.